The van der Waals surface area contributed by atoms with E-state index in [0.717, 1.165) is 0 Å². The van der Waals surface area contributed by atoms with Gasteiger partial charge in [-0.05, 0) is 36.4 Å². The van der Waals surface area contributed by atoms with Crippen molar-refractivity contribution in [2.75, 3.05) is 12.9 Å². The summed E-state index contributed by atoms with van der Waals surface area (Å²) in [6.07, 6.45) is 1.53. The molecule has 0 aliphatic heterocycles. The molecule has 0 saturated carbocycles. The summed E-state index contributed by atoms with van der Waals surface area (Å²) < 4.78 is 16.1. The molecule has 2 amide bonds. The second-order valence-corrected chi connectivity index (χ2v) is 6.30. The standard InChI is InChI=1S/C17H16N2O5S/c1-25(23)14-9-7-13(8-10-14)17(22)24-11-15(20)18-19-16(21)12-5-3-2-4-6-12/h2-10H,11H2,1H3,(H,18,20)(H,19,21). The second kappa shape index (κ2) is 8.74. The lowest BCUT2D eigenvalue weighted by Crippen LogP contribution is -2.43. The van der Waals surface area contributed by atoms with E-state index in [9.17, 15) is 18.6 Å². The number of rotatable bonds is 5. The number of amides is 2. The van der Waals surface area contributed by atoms with E-state index in [1.165, 1.54) is 18.4 Å². The third-order valence-electron chi connectivity index (χ3n) is 3.11. The molecule has 25 heavy (non-hydrogen) atoms. The third-order valence-corrected chi connectivity index (χ3v) is 4.04. The molecule has 0 aliphatic carbocycles. The summed E-state index contributed by atoms with van der Waals surface area (Å²) in [7, 11) is -1.14. The van der Waals surface area contributed by atoms with E-state index in [4.69, 9.17) is 4.74 Å². The van der Waals surface area contributed by atoms with Crippen LogP contribution in [0.15, 0.2) is 59.5 Å². The highest BCUT2D eigenvalue weighted by molar-refractivity contribution is 7.84. The lowest BCUT2D eigenvalue weighted by atomic mass is 10.2. The summed E-state index contributed by atoms with van der Waals surface area (Å²) in [5.74, 6) is -1.86. The summed E-state index contributed by atoms with van der Waals surface area (Å²) in [5, 5.41) is 0. The van der Waals surface area contributed by atoms with E-state index in [-0.39, 0.29) is 5.56 Å². The average Bonchev–Trinajstić information content (AvgIpc) is 2.64. The molecule has 1 atom stereocenters. The Morgan fingerprint density at radius 1 is 0.920 bits per heavy atom. The van der Waals surface area contributed by atoms with Crippen LogP contribution in [0, 0.1) is 0 Å². The molecule has 2 N–H and O–H groups in total. The first-order chi connectivity index (χ1) is 12.0. The number of benzene rings is 2. The maximum atomic E-state index is 11.8. The Morgan fingerprint density at radius 3 is 2.16 bits per heavy atom. The lowest BCUT2D eigenvalue weighted by molar-refractivity contribution is -0.125. The maximum Gasteiger partial charge on any atom is 0.338 e. The zero-order valence-corrected chi connectivity index (χ0v) is 14.2. The average molecular weight is 360 g/mol. The predicted octanol–water partition coefficient (Wildman–Crippen LogP) is 1.04. The van der Waals surface area contributed by atoms with Gasteiger partial charge in [0.05, 0.1) is 5.56 Å². The van der Waals surface area contributed by atoms with Gasteiger partial charge in [-0.2, -0.15) is 0 Å². The van der Waals surface area contributed by atoms with E-state index in [1.54, 1.807) is 42.5 Å². The largest absolute Gasteiger partial charge is 0.452 e. The monoisotopic (exact) mass is 360 g/mol. The van der Waals surface area contributed by atoms with E-state index >= 15 is 0 Å². The van der Waals surface area contributed by atoms with Crippen molar-refractivity contribution in [1.82, 2.24) is 10.9 Å². The normalized spacial score (nSPS) is 11.2. The molecule has 2 rings (SSSR count). The molecule has 0 spiro atoms. The van der Waals surface area contributed by atoms with Crippen LogP contribution in [0.1, 0.15) is 20.7 Å². The lowest BCUT2D eigenvalue weighted by Gasteiger charge is -2.08. The van der Waals surface area contributed by atoms with Crippen LogP contribution in [-0.4, -0.2) is 34.9 Å². The van der Waals surface area contributed by atoms with Crippen molar-refractivity contribution in [3.63, 3.8) is 0 Å². The molecule has 1 unspecified atom stereocenters. The summed E-state index contributed by atoms with van der Waals surface area (Å²) in [6.45, 7) is -0.546. The molecule has 7 nitrogen and oxygen atoms in total. The van der Waals surface area contributed by atoms with Crippen LogP contribution in [0.2, 0.25) is 0 Å². The fourth-order valence-electron chi connectivity index (χ4n) is 1.82. The summed E-state index contributed by atoms with van der Waals surface area (Å²) in [4.78, 5) is 35.8. The van der Waals surface area contributed by atoms with Crippen LogP contribution >= 0.6 is 0 Å². The van der Waals surface area contributed by atoms with Crippen LogP contribution in [-0.2, 0) is 20.3 Å². The van der Waals surface area contributed by atoms with E-state index in [2.05, 4.69) is 10.9 Å². The Morgan fingerprint density at radius 2 is 1.56 bits per heavy atom. The molecule has 0 aliphatic rings. The maximum absolute atomic E-state index is 11.8. The van der Waals surface area contributed by atoms with Gasteiger partial charge in [0.1, 0.15) is 0 Å². The van der Waals surface area contributed by atoms with Gasteiger partial charge in [-0.1, -0.05) is 18.2 Å². The Labute approximate surface area is 146 Å². The van der Waals surface area contributed by atoms with Crippen LogP contribution in [0.5, 0.6) is 0 Å². The number of carbonyl (C=O) groups is 3. The highest BCUT2D eigenvalue weighted by Crippen LogP contribution is 2.08. The molecule has 0 heterocycles. The van der Waals surface area contributed by atoms with Gasteiger partial charge >= 0.3 is 5.97 Å². The van der Waals surface area contributed by atoms with E-state index in [0.29, 0.717) is 10.5 Å². The SMILES string of the molecule is CS(=O)c1ccc(C(=O)OCC(=O)NNC(=O)c2ccccc2)cc1. The Kier molecular flexibility index (Phi) is 6.41. The number of carbonyl (C=O) groups excluding carboxylic acids is 3. The van der Waals surface area contributed by atoms with Crippen LogP contribution in [0.4, 0.5) is 0 Å². The minimum Gasteiger partial charge on any atom is -0.452 e. The number of hydrogen-bond acceptors (Lipinski definition) is 5. The summed E-state index contributed by atoms with van der Waals surface area (Å²) in [5.41, 5.74) is 4.99. The van der Waals surface area contributed by atoms with Gasteiger partial charge in [0.25, 0.3) is 11.8 Å². The zero-order chi connectivity index (χ0) is 18.2. The minimum atomic E-state index is -1.14. The van der Waals surface area contributed by atoms with Crippen molar-refractivity contribution in [1.29, 1.82) is 0 Å². The topological polar surface area (TPSA) is 102 Å². The van der Waals surface area contributed by atoms with Gasteiger partial charge in [-0.3, -0.25) is 24.6 Å². The first kappa shape index (κ1) is 18.3. The van der Waals surface area contributed by atoms with E-state index in [1.807, 2.05) is 0 Å². The highest BCUT2D eigenvalue weighted by atomic mass is 32.2. The first-order valence-corrected chi connectivity index (χ1v) is 8.78. The van der Waals surface area contributed by atoms with Crippen molar-refractivity contribution in [2.45, 2.75) is 4.90 Å². The van der Waals surface area contributed by atoms with Crippen molar-refractivity contribution in [3.8, 4) is 0 Å². The van der Waals surface area contributed by atoms with Crippen LogP contribution in [0.3, 0.4) is 0 Å². The molecular formula is C17H16N2O5S. The number of nitrogens with one attached hydrogen (secondary N) is 2. The Bertz CT molecular complexity index is 790. The quantitative estimate of drug-likeness (QED) is 0.613. The van der Waals surface area contributed by atoms with Crippen molar-refractivity contribution >= 4 is 28.6 Å². The van der Waals surface area contributed by atoms with Gasteiger partial charge in [0.15, 0.2) is 6.61 Å². The van der Waals surface area contributed by atoms with Crippen molar-refractivity contribution in [3.05, 3.63) is 65.7 Å². The molecule has 8 heteroatoms. The molecule has 130 valence electrons. The molecule has 2 aromatic carbocycles. The number of hydrogen-bond donors (Lipinski definition) is 2. The second-order valence-electron chi connectivity index (χ2n) is 4.92. The molecular weight excluding hydrogens is 344 g/mol. The smallest absolute Gasteiger partial charge is 0.338 e. The Hall–Kier alpha value is -3.00. The molecule has 0 aromatic heterocycles. The zero-order valence-electron chi connectivity index (χ0n) is 13.4. The van der Waals surface area contributed by atoms with Gasteiger partial charge in [-0.15, -0.1) is 0 Å². The molecule has 0 radical (unpaired) electrons. The third kappa shape index (κ3) is 5.54. The van der Waals surface area contributed by atoms with Gasteiger partial charge in [0.2, 0.25) is 0 Å². The van der Waals surface area contributed by atoms with Crippen molar-refractivity contribution in [2.24, 2.45) is 0 Å². The van der Waals surface area contributed by atoms with Gasteiger partial charge in [0, 0.05) is 27.5 Å². The van der Waals surface area contributed by atoms with Gasteiger partial charge in [-0.25, -0.2) is 4.79 Å². The number of ether oxygens (including phenoxy) is 1. The van der Waals surface area contributed by atoms with Crippen molar-refractivity contribution < 1.29 is 23.3 Å². The number of esters is 1. The fourth-order valence-corrected chi connectivity index (χ4v) is 2.34. The number of hydrazine groups is 1. The van der Waals surface area contributed by atoms with Gasteiger partial charge < -0.3 is 4.74 Å². The fraction of sp³-hybridized carbons (Fsp3) is 0.118. The predicted molar refractivity (Wildman–Crippen MR) is 91.1 cm³/mol. The minimum absolute atomic E-state index is 0.232. The summed E-state index contributed by atoms with van der Waals surface area (Å²) in [6, 6.07) is 14.4. The van der Waals surface area contributed by atoms with E-state index < -0.39 is 35.2 Å². The Balaban J connectivity index is 1.78. The highest BCUT2D eigenvalue weighted by Gasteiger charge is 2.12. The first-order valence-electron chi connectivity index (χ1n) is 7.22. The molecule has 2 aromatic rings. The van der Waals surface area contributed by atoms with Crippen LogP contribution < -0.4 is 10.9 Å². The molecule has 0 fully saturated rings. The molecule has 0 saturated heterocycles. The van der Waals surface area contributed by atoms with Crippen LogP contribution in [0.25, 0.3) is 0 Å². The molecule has 0 bridgehead atoms. The summed E-state index contributed by atoms with van der Waals surface area (Å²) >= 11 is 0.